The van der Waals surface area contributed by atoms with Crippen molar-refractivity contribution in [1.82, 2.24) is 19.9 Å². The van der Waals surface area contributed by atoms with Crippen LogP contribution in [0.2, 0.25) is 0 Å². The van der Waals surface area contributed by atoms with Gasteiger partial charge in [-0.15, -0.1) is 0 Å². The summed E-state index contributed by atoms with van der Waals surface area (Å²) >= 11 is 0. The van der Waals surface area contributed by atoms with E-state index in [-0.39, 0.29) is 15.8 Å². The first-order valence-electron chi connectivity index (χ1n) is 13.1. The SMILES string of the molecule is Cc1c(-c2ccccn2)nc2cc(F)cc(F)c2c1Nc1cc(N2CCOCC2)ncc1-c1cncc(S(C)(=O)=O)c1. The molecule has 1 fully saturated rings. The third kappa shape index (κ3) is 5.38. The molecule has 1 N–H and O–H groups in total. The lowest BCUT2D eigenvalue weighted by molar-refractivity contribution is 0.122. The zero-order chi connectivity index (χ0) is 29.4. The van der Waals surface area contributed by atoms with Gasteiger partial charge in [0.2, 0.25) is 0 Å². The second-order valence-electron chi connectivity index (χ2n) is 9.95. The predicted molar refractivity (Wildman–Crippen MR) is 157 cm³/mol. The van der Waals surface area contributed by atoms with Crippen LogP contribution in [0.5, 0.6) is 0 Å². The molecular formula is C30H26F2N6O3S. The Balaban J connectivity index is 1.58. The molecule has 6 rings (SSSR count). The van der Waals surface area contributed by atoms with Crippen molar-refractivity contribution in [2.45, 2.75) is 11.8 Å². The van der Waals surface area contributed by atoms with Crippen LogP contribution in [0, 0.1) is 18.6 Å². The van der Waals surface area contributed by atoms with Crippen molar-refractivity contribution in [3.05, 3.63) is 84.4 Å². The average Bonchev–Trinajstić information content (AvgIpc) is 2.99. The van der Waals surface area contributed by atoms with Crippen molar-refractivity contribution in [2.75, 3.05) is 42.8 Å². The van der Waals surface area contributed by atoms with Crippen molar-refractivity contribution in [1.29, 1.82) is 0 Å². The van der Waals surface area contributed by atoms with E-state index in [1.54, 1.807) is 31.5 Å². The molecule has 1 aromatic carbocycles. The number of hydrogen-bond acceptors (Lipinski definition) is 9. The molecule has 0 radical (unpaired) electrons. The summed E-state index contributed by atoms with van der Waals surface area (Å²) < 4.78 is 59.9. The standard InChI is InChI=1S/C30H26F2N6O3S/c1-18-29(24-5-3-4-6-34-24)37-26-13-20(31)12-23(32)28(26)30(18)36-25-14-27(38-7-9-41-10-8-38)35-17-22(25)19-11-21(16-33-15-19)42(2,39)40/h3-6,11-17H,7-10H2,1-2H3,(H,35,36,37). The van der Waals surface area contributed by atoms with Gasteiger partial charge in [0.15, 0.2) is 9.84 Å². The fraction of sp³-hybridized carbons (Fsp3) is 0.200. The fourth-order valence-corrected chi connectivity index (χ4v) is 5.55. The number of halogens is 2. The molecule has 1 aliphatic heterocycles. The third-order valence-corrected chi connectivity index (χ3v) is 8.17. The molecule has 0 spiro atoms. The molecule has 0 atom stereocenters. The van der Waals surface area contributed by atoms with Crippen LogP contribution in [0.15, 0.2) is 72.1 Å². The lowest BCUT2D eigenvalue weighted by Gasteiger charge is -2.28. The smallest absolute Gasteiger partial charge is 0.177 e. The Kier molecular flexibility index (Phi) is 7.25. The zero-order valence-corrected chi connectivity index (χ0v) is 23.6. The van der Waals surface area contributed by atoms with Crippen molar-refractivity contribution >= 4 is 37.9 Å². The highest BCUT2D eigenvalue weighted by molar-refractivity contribution is 7.90. The highest BCUT2D eigenvalue weighted by Crippen LogP contribution is 2.40. The van der Waals surface area contributed by atoms with E-state index in [0.717, 1.165) is 12.3 Å². The minimum Gasteiger partial charge on any atom is -0.378 e. The number of nitrogens with zero attached hydrogens (tertiary/aromatic N) is 5. The zero-order valence-electron chi connectivity index (χ0n) is 22.8. The molecule has 0 unspecified atom stereocenters. The average molecular weight is 589 g/mol. The van der Waals surface area contributed by atoms with E-state index in [4.69, 9.17) is 4.74 Å². The summed E-state index contributed by atoms with van der Waals surface area (Å²) in [5.41, 5.74) is 3.62. The van der Waals surface area contributed by atoms with Gasteiger partial charge in [0, 0.05) is 79.0 Å². The Morgan fingerprint density at radius 2 is 1.81 bits per heavy atom. The number of fused-ring (bicyclic) bond motifs is 1. The maximum atomic E-state index is 15.5. The minimum absolute atomic E-state index is 0.0488. The van der Waals surface area contributed by atoms with Crippen LogP contribution in [-0.4, -0.2) is 60.9 Å². The number of aromatic nitrogens is 4. The summed E-state index contributed by atoms with van der Waals surface area (Å²) in [4.78, 5) is 19.9. The Morgan fingerprint density at radius 1 is 1.00 bits per heavy atom. The number of morpholine rings is 1. The molecule has 214 valence electrons. The summed E-state index contributed by atoms with van der Waals surface area (Å²) in [5.74, 6) is -0.873. The molecule has 9 nitrogen and oxygen atoms in total. The van der Waals surface area contributed by atoms with Crippen LogP contribution >= 0.6 is 0 Å². The summed E-state index contributed by atoms with van der Waals surface area (Å²) in [6.07, 6.45) is 7.19. The number of ether oxygens (including phenoxy) is 1. The van der Waals surface area contributed by atoms with E-state index in [2.05, 4.69) is 30.2 Å². The molecule has 4 aromatic heterocycles. The molecule has 5 heterocycles. The lowest BCUT2D eigenvalue weighted by atomic mass is 10.0. The number of rotatable bonds is 6. The van der Waals surface area contributed by atoms with E-state index < -0.39 is 21.5 Å². The summed E-state index contributed by atoms with van der Waals surface area (Å²) in [6, 6.07) is 10.7. The second kappa shape index (κ2) is 11.0. The number of nitrogens with one attached hydrogen (secondary N) is 1. The number of hydrogen-bond donors (Lipinski definition) is 1. The first-order chi connectivity index (χ1) is 20.2. The van der Waals surface area contributed by atoms with Crippen molar-refractivity contribution < 1.29 is 21.9 Å². The Bertz CT molecular complexity index is 1920. The molecule has 12 heteroatoms. The Labute approximate surface area is 241 Å². The van der Waals surface area contributed by atoms with E-state index in [1.165, 1.54) is 24.5 Å². The Morgan fingerprint density at radius 3 is 2.55 bits per heavy atom. The highest BCUT2D eigenvalue weighted by Gasteiger charge is 2.22. The Hall–Kier alpha value is -4.55. The normalized spacial score (nSPS) is 13.9. The van der Waals surface area contributed by atoms with Crippen molar-refractivity contribution in [2.24, 2.45) is 0 Å². The van der Waals surface area contributed by atoms with Gasteiger partial charge >= 0.3 is 0 Å². The summed E-state index contributed by atoms with van der Waals surface area (Å²) in [7, 11) is -3.54. The van der Waals surface area contributed by atoms with E-state index in [1.807, 2.05) is 12.1 Å². The molecular weight excluding hydrogens is 562 g/mol. The molecule has 42 heavy (non-hydrogen) atoms. The summed E-state index contributed by atoms with van der Waals surface area (Å²) in [5, 5.41) is 3.49. The molecule has 0 amide bonds. The number of benzene rings is 1. The van der Waals surface area contributed by atoms with Gasteiger partial charge in [-0.2, -0.15) is 0 Å². The maximum absolute atomic E-state index is 15.5. The van der Waals surface area contributed by atoms with Gasteiger partial charge in [-0.05, 0) is 25.1 Å². The molecule has 5 aromatic rings. The molecule has 1 saturated heterocycles. The van der Waals surface area contributed by atoms with Gasteiger partial charge in [-0.1, -0.05) is 6.07 Å². The van der Waals surface area contributed by atoms with Crippen LogP contribution < -0.4 is 10.2 Å². The number of pyridine rings is 4. The molecule has 0 bridgehead atoms. The first-order valence-corrected chi connectivity index (χ1v) is 15.0. The van der Waals surface area contributed by atoms with Crippen LogP contribution in [-0.2, 0) is 14.6 Å². The van der Waals surface area contributed by atoms with E-state index >= 15 is 4.39 Å². The molecule has 0 aliphatic carbocycles. The van der Waals surface area contributed by atoms with Crippen molar-refractivity contribution in [3.63, 3.8) is 0 Å². The largest absolute Gasteiger partial charge is 0.378 e. The van der Waals surface area contributed by atoms with Gasteiger partial charge in [0.05, 0.1) is 51.8 Å². The van der Waals surface area contributed by atoms with Gasteiger partial charge in [-0.3, -0.25) is 9.97 Å². The van der Waals surface area contributed by atoms with Gasteiger partial charge in [0.1, 0.15) is 17.5 Å². The maximum Gasteiger partial charge on any atom is 0.177 e. The molecule has 1 aliphatic rings. The molecule has 0 saturated carbocycles. The number of anilines is 3. The number of sulfone groups is 1. The second-order valence-corrected chi connectivity index (χ2v) is 12.0. The van der Waals surface area contributed by atoms with Crippen LogP contribution in [0.4, 0.5) is 26.0 Å². The van der Waals surface area contributed by atoms with E-state index in [9.17, 15) is 12.8 Å². The highest BCUT2D eigenvalue weighted by atomic mass is 32.2. The van der Waals surface area contributed by atoms with Gasteiger partial charge in [0.25, 0.3) is 0 Å². The van der Waals surface area contributed by atoms with Gasteiger partial charge in [-0.25, -0.2) is 27.2 Å². The monoisotopic (exact) mass is 588 g/mol. The third-order valence-electron chi connectivity index (χ3n) is 7.09. The van der Waals surface area contributed by atoms with Crippen LogP contribution in [0.1, 0.15) is 5.56 Å². The van der Waals surface area contributed by atoms with Gasteiger partial charge < -0.3 is 15.0 Å². The van der Waals surface area contributed by atoms with Crippen molar-refractivity contribution in [3.8, 4) is 22.5 Å². The predicted octanol–water partition coefficient (Wildman–Crippen LogP) is 5.32. The summed E-state index contributed by atoms with van der Waals surface area (Å²) in [6.45, 7) is 4.14. The topological polar surface area (TPSA) is 110 Å². The van der Waals surface area contributed by atoms with Crippen LogP contribution in [0.3, 0.4) is 0 Å². The lowest BCUT2D eigenvalue weighted by Crippen LogP contribution is -2.36. The van der Waals surface area contributed by atoms with E-state index in [0.29, 0.717) is 71.6 Å². The quantitative estimate of drug-likeness (QED) is 0.282. The minimum atomic E-state index is -3.54. The van der Waals surface area contributed by atoms with Crippen LogP contribution in [0.25, 0.3) is 33.4 Å². The first kappa shape index (κ1) is 27.6. The fourth-order valence-electron chi connectivity index (χ4n) is 4.96.